The monoisotopic (exact) mass is 530 g/mol. The lowest BCUT2D eigenvalue weighted by molar-refractivity contribution is -0.118. The van der Waals surface area contributed by atoms with Crippen LogP contribution in [-0.2, 0) is 21.2 Å². The second-order valence-corrected chi connectivity index (χ2v) is 10.4. The average molecular weight is 531 g/mol. The van der Waals surface area contributed by atoms with E-state index < -0.39 is 10.0 Å². The second kappa shape index (κ2) is 10.4. The quantitative estimate of drug-likeness (QED) is 0.388. The third-order valence-electron chi connectivity index (χ3n) is 5.17. The van der Waals surface area contributed by atoms with Crippen molar-refractivity contribution < 1.29 is 17.9 Å². The van der Waals surface area contributed by atoms with E-state index in [1.54, 1.807) is 6.07 Å². The molecule has 0 radical (unpaired) electrons. The molecule has 1 amide bonds. The number of aryl methyl sites for hydroxylation is 4. The first-order chi connectivity index (χ1) is 15.6. The maximum atomic E-state index is 12.7. The van der Waals surface area contributed by atoms with Crippen LogP contribution in [0.4, 0.5) is 11.4 Å². The van der Waals surface area contributed by atoms with E-state index in [4.69, 9.17) is 4.74 Å². The maximum Gasteiger partial charge on any atom is 0.262 e. The molecular formula is C25H27BrN2O4S. The van der Waals surface area contributed by atoms with Crippen LogP contribution in [0.5, 0.6) is 5.75 Å². The topological polar surface area (TPSA) is 84.5 Å². The summed E-state index contributed by atoms with van der Waals surface area (Å²) < 4.78 is 34.6. The van der Waals surface area contributed by atoms with Gasteiger partial charge in [-0.2, -0.15) is 0 Å². The van der Waals surface area contributed by atoms with Gasteiger partial charge in [-0.3, -0.25) is 9.52 Å². The van der Waals surface area contributed by atoms with Crippen molar-refractivity contribution >= 4 is 43.2 Å². The van der Waals surface area contributed by atoms with Crippen LogP contribution in [0.2, 0.25) is 0 Å². The summed E-state index contributed by atoms with van der Waals surface area (Å²) in [5.41, 5.74) is 5.11. The Morgan fingerprint density at radius 3 is 2.33 bits per heavy atom. The maximum absolute atomic E-state index is 12.7. The molecule has 0 fully saturated rings. The lowest BCUT2D eigenvalue weighted by atomic mass is 10.1. The summed E-state index contributed by atoms with van der Waals surface area (Å²) in [7, 11) is -3.75. The lowest BCUT2D eigenvalue weighted by Gasteiger charge is -2.14. The summed E-state index contributed by atoms with van der Waals surface area (Å²) in [6, 6.07) is 15.5. The van der Waals surface area contributed by atoms with Crippen molar-refractivity contribution in [2.75, 3.05) is 16.6 Å². The number of hydrogen-bond acceptors (Lipinski definition) is 4. The SMILES string of the molecule is CCc1cc(Br)cc(C)c1NC(=O)COc1ccc(S(=O)(=O)Nc2cc(C)ccc2C)cc1. The van der Waals surface area contributed by atoms with Crippen LogP contribution in [0.1, 0.15) is 29.2 Å². The highest BCUT2D eigenvalue weighted by Crippen LogP contribution is 2.27. The molecule has 0 spiro atoms. The molecule has 0 heterocycles. The van der Waals surface area contributed by atoms with Crippen molar-refractivity contribution in [1.82, 2.24) is 0 Å². The van der Waals surface area contributed by atoms with Crippen LogP contribution in [0.15, 0.2) is 64.0 Å². The molecule has 0 aromatic heterocycles. The molecule has 6 nitrogen and oxygen atoms in total. The zero-order valence-electron chi connectivity index (χ0n) is 19.0. The van der Waals surface area contributed by atoms with E-state index >= 15 is 0 Å². The van der Waals surface area contributed by atoms with Gasteiger partial charge in [-0.25, -0.2) is 8.42 Å². The van der Waals surface area contributed by atoms with E-state index in [1.165, 1.54) is 24.3 Å². The molecule has 0 bridgehead atoms. The molecule has 3 rings (SSSR count). The van der Waals surface area contributed by atoms with E-state index in [2.05, 4.69) is 26.0 Å². The van der Waals surface area contributed by atoms with Crippen LogP contribution >= 0.6 is 15.9 Å². The third kappa shape index (κ3) is 6.36. The van der Waals surface area contributed by atoms with Crippen molar-refractivity contribution in [1.29, 1.82) is 0 Å². The minimum Gasteiger partial charge on any atom is -0.484 e. The number of rotatable bonds is 8. The third-order valence-corrected chi connectivity index (χ3v) is 7.01. The molecule has 0 saturated carbocycles. The fraction of sp³-hybridized carbons (Fsp3) is 0.240. The summed E-state index contributed by atoms with van der Waals surface area (Å²) >= 11 is 3.48. The first-order valence-electron chi connectivity index (χ1n) is 10.5. The molecule has 0 unspecified atom stereocenters. The van der Waals surface area contributed by atoms with Gasteiger partial charge in [0.25, 0.3) is 15.9 Å². The molecule has 0 aliphatic carbocycles. The predicted octanol–water partition coefficient (Wildman–Crippen LogP) is 5.76. The summed E-state index contributed by atoms with van der Waals surface area (Å²) in [6.45, 7) is 7.52. The largest absolute Gasteiger partial charge is 0.484 e. The van der Waals surface area contributed by atoms with E-state index in [0.717, 1.165) is 38.8 Å². The number of benzene rings is 3. The highest BCUT2D eigenvalue weighted by atomic mass is 79.9. The van der Waals surface area contributed by atoms with Gasteiger partial charge in [-0.1, -0.05) is 35.0 Å². The molecule has 174 valence electrons. The number of halogens is 1. The number of amides is 1. The van der Waals surface area contributed by atoms with E-state index in [-0.39, 0.29) is 17.4 Å². The number of anilines is 2. The predicted molar refractivity (Wildman–Crippen MR) is 136 cm³/mol. The van der Waals surface area contributed by atoms with E-state index in [9.17, 15) is 13.2 Å². The first kappa shape index (κ1) is 24.8. The smallest absolute Gasteiger partial charge is 0.262 e. The molecule has 3 aromatic rings. The van der Waals surface area contributed by atoms with Crippen LogP contribution in [0.25, 0.3) is 0 Å². The van der Waals surface area contributed by atoms with Gasteiger partial charge in [0.15, 0.2) is 6.61 Å². The summed E-state index contributed by atoms with van der Waals surface area (Å²) in [6.07, 6.45) is 0.781. The van der Waals surface area contributed by atoms with Gasteiger partial charge >= 0.3 is 0 Å². The fourth-order valence-electron chi connectivity index (χ4n) is 3.36. The van der Waals surface area contributed by atoms with Crippen LogP contribution in [-0.4, -0.2) is 20.9 Å². The Balaban J connectivity index is 1.64. The van der Waals surface area contributed by atoms with E-state index in [1.807, 2.05) is 52.0 Å². The Bertz CT molecular complexity index is 1270. The van der Waals surface area contributed by atoms with Crippen LogP contribution in [0.3, 0.4) is 0 Å². The molecular weight excluding hydrogens is 504 g/mol. The number of hydrogen-bond donors (Lipinski definition) is 2. The van der Waals surface area contributed by atoms with Gasteiger partial charge in [0, 0.05) is 10.2 Å². The molecule has 0 aliphatic heterocycles. The molecule has 2 N–H and O–H groups in total. The zero-order valence-corrected chi connectivity index (χ0v) is 21.4. The summed E-state index contributed by atoms with van der Waals surface area (Å²) in [5, 5.41) is 2.91. The van der Waals surface area contributed by atoms with Gasteiger partial charge in [0.1, 0.15) is 5.75 Å². The number of carbonyl (C=O) groups excluding carboxylic acids is 1. The van der Waals surface area contributed by atoms with E-state index in [0.29, 0.717) is 11.4 Å². The standard InChI is InChI=1S/C25H27BrN2O4S/c1-5-19-14-20(26)13-18(4)25(19)27-24(29)15-32-21-8-10-22(11-9-21)33(30,31)28-23-12-16(2)6-7-17(23)3/h6-14,28H,5,15H2,1-4H3,(H,27,29). The zero-order chi connectivity index (χ0) is 24.2. The van der Waals surface area contributed by atoms with Crippen molar-refractivity contribution in [2.24, 2.45) is 0 Å². The number of nitrogens with one attached hydrogen (secondary N) is 2. The van der Waals surface area contributed by atoms with Gasteiger partial charge in [0.2, 0.25) is 0 Å². The van der Waals surface area contributed by atoms with Crippen molar-refractivity contribution in [3.63, 3.8) is 0 Å². The Morgan fingerprint density at radius 2 is 1.67 bits per heavy atom. The summed E-state index contributed by atoms with van der Waals surface area (Å²) in [5.74, 6) is 0.113. The van der Waals surface area contributed by atoms with Gasteiger partial charge in [0.05, 0.1) is 10.6 Å². The Morgan fingerprint density at radius 1 is 0.970 bits per heavy atom. The molecule has 0 saturated heterocycles. The average Bonchev–Trinajstić information content (AvgIpc) is 2.76. The minimum atomic E-state index is -3.75. The Kier molecular flexibility index (Phi) is 7.81. The molecule has 0 aliphatic rings. The highest BCUT2D eigenvalue weighted by molar-refractivity contribution is 9.10. The van der Waals surface area contributed by atoms with Gasteiger partial charge < -0.3 is 10.1 Å². The van der Waals surface area contributed by atoms with Crippen LogP contribution in [0, 0.1) is 20.8 Å². The number of carbonyl (C=O) groups is 1. The Labute approximate surface area is 203 Å². The minimum absolute atomic E-state index is 0.110. The summed E-state index contributed by atoms with van der Waals surface area (Å²) in [4.78, 5) is 12.5. The van der Waals surface area contributed by atoms with Gasteiger partial charge in [-0.05, 0) is 91.9 Å². The Hall–Kier alpha value is -2.84. The lowest BCUT2D eigenvalue weighted by Crippen LogP contribution is -2.21. The highest BCUT2D eigenvalue weighted by Gasteiger charge is 2.16. The van der Waals surface area contributed by atoms with Crippen molar-refractivity contribution in [3.8, 4) is 5.75 Å². The molecule has 8 heteroatoms. The molecule has 33 heavy (non-hydrogen) atoms. The number of sulfonamides is 1. The fourth-order valence-corrected chi connectivity index (χ4v) is 5.10. The molecule has 0 atom stereocenters. The molecule has 3 aromatic carbocycles. The normalized spacial score (nSPS) is 11.2. The van der Waals surface area contributed by atoms with Crippen molar-refractivity contribution in [3.05, 3.63) is 81.3 Å². The second-order valence-electron chi connectivity index (χ2n) is 7.84. The first-order valence-corrected chi connectivity index (χ1v) is 12.8. The van der Waals surface area contributed by atoms with Crippen LogP contribution < -0.4 is 14.8 Å². The van der Waals surface area contributed by atoms with Crippen molar-refractivity contribution in [2.45, 2.75) is 39.0 Å². The number of ether oxygens (including phenoxy) is 1. The van der Waals surface area contributed by atoms with Gasteiger partial charge in [-0.15, -0.1) is 0 Å².